The SMILES string of the molecule is CC[C@]1(C)CC(=O)N([C@@H]2c3cc(C(=O)N[C@@H]4c5ccccc5OC(C)(C)[C@H]4O)ccc3C[C@H]2C)C(N)=N1. The molecule has 2 heterocycles. The second-order valence-corrected chi connectivity index (χ2v) is 11.4. The maximum Gasteiger partial charge on any atom is 0.251 e. The fourth-order valence-corrected chi connectivity index (χ4v) is 5.89. The molecule has 37 heavy (non-hydrogen) atoms. The van der Waals surface area contributed by atoms with Gasteiger partial charge in [0.2, 0.25) is 5.91 Å². The Morgan fingerprint density at radius 1 is 1.22 bits per heavy atom. The number of nitrogens with zero attached hydrogens (tertiary/aromatic N) is 2. The molecule has 0 radical (unpaired) electrons. The first-order valence-corrected chi connectivity index (χ1v) is 13.0. The number of aliphatic hydroxyl groups is 1. The Hall–Kier alpha value is -3.39. The number of guanidine groups is 1. The van der Waals surface area contributed by atoms with Gasteiger partial charge in [0.1, 0.15) is 17.5 Å². The van der Waals surface area contributed by atoms with Crippen LogP contribution in [0.4, 0.5) is 0 Å². The molecule has 196 valence electrons. The van der Waals surface area contributed by atoms with Crippen LogP contribution in [0.1, 0.15) is 86.6 Å². The van der Waals surface area contributed by atoms with Gasteiger partial charge in [-0.25, -0.2) is 4.99 Å². The summed E-state index contributed by atoms with van der Waals surface area (Å²) in [5, 5.41) is 14.1. The van der Waals surface area contributed by atoms with E-state index < -0.39 is 23.3 Å². The van der Waals surface area contributed by atoms with Gasteiger partial charge >= 0.3 is 0 Å². The molecule has 3 aliphatic rings. The van der Waals surface area contributed by atoms with E-state index in [9.17, 15) is 14.7 Å². The van der Waals surface area contributed by atoms with Gasteiger partial charge in [-0.2, -0.15) is 0 Å². The zero-order valence-corrected chi connectivity index (χ0v) is 22.1. The first-order valence-electron chi connectivity index (χ1n) is 13.0. The lowest BCUT2D eigenvalue weighted by atomic mass is 9.86. The van der Waals surface area contributed by atoms with Crippen LogP contribution in [0, 0.1) is 5.92 Å². The highest BCUT2D eigenvalue weighted by molar-refractivity contribution is 6.00. The van der Waals surface area contributed by atoms with E-state index in [1.165, 1.54) is 0 Å². The molecule has 0 fully saturated rings. The first kappa shape index (κ1) is 25.3. The highest BCUT2D eigenvalue weighted by atomic mass is 16.5. The van der Waals surface area contributed by atoms with Crippen LogP contribution in [-0.4, -0.2) is 45.0 Å². The minimum atomic E-state index is -0.941. The summed E-state index contributed by atoms with van der Waals surface area (Å²) in [6.07, 6.45) is 0.875. The van der Waals surface area contributed by atoms with Crippen LogP contribution in [-0.2, 0) is 11.2 Å². The first-order chi connectivity index (χ1) is 17.4. The van der Waals surface area contributed by atoms with Gasteiger partial charge in [0.15, 0.2) is 5.96 Å². The van der Waals surface area contributed by atoms with E-state index in [0.717, 1.165) is 29.5 Å². The number of ether oxygens (including phenoxy) is 1. The number of carbonyl (C=O) groups excluding carboxylic acids is 2. The Balaban J connectivity index is 1.46. The smallest absolute Gasteiger partial charge is 0.251 e. The van der Waals surface area contributed by atoms with Crippen LogP contribution in [0.25, 0.3) is 0 Å². The van der Waals surface area contributed by atoms with Crippen molar-refractivity contribution in [3.63, 3.8) is 0 Å². The van der Waals surface area contributed by atoms with Gasteiger partial charge in [-0.15, -0.1) is 0 Å². The maximum absolute atomic E-state index is 13.5. The summed E-state index contributed by atoms with van der Waals surface area (Å²) in [6.45, 7) is 9.66. The molecule has 2 aromatic carbocycles. The zero-order chi connectivity index (χ0) is 26.7. The van der Waals surface area contributed by atoms with Crippen molar-refractivity contribution in [2.45, 2.75) is 83.2 Å². The van der Waals surface area contributed by atoms with E-state index in [-0.39, 0.29) is 29.7 Å². The summed E-state index contributed by atoms with van der Waals surface area (Å²) in [4.78, 5) is 33.1. The Labute approximate surface area is 217 Å². The molecule has 2 amide bonds. The molecule has 0 aromatic heterocycles. The Kier molecular flexibility index (Phi) is 6.06. The molecule has 2 aromatic rings. The highest BCUT2D eigenvalue weighted by Crippen LogP contribution is 2.43. The molecule has 5 atom stereocenters. The number of fused-ring (bicyclic) bond motifs is 2. The number of rotatable bonds is 4. The summed E-state index contributed by atoms with van der Waals surface area (Å²) < 4.78 is 5.98. The molecule has 5 rings (SSSR count). The second-order valence-electron chi connectivity index (χ2n) is 11.4. The van der Waals surface area contributed by atoms with Crippen LogP contribution in [0.2, 0.25) is 0 Å². The Bertz CT molecular complexity index is 1290. The molecular weight excluding hydrogens is 468 g/mol. The summed E-state index contributed by atoms with van der Waals surface area (Å²) in [6, 6.07) is 12.1. The van der Waals surface area contributed by atoms with E-state index in [1.54, 1.807) is 24.8 Å². The number of amides is 2. The fraction of sp³-hybridized carbons (Fsp3) is 0.483. The van der Waals surface area contributed by atoms with Gasteiger partial charge < -0.3 is 20.9 Å². The fourth-order valence-electron chi connectivity index (χ4n) is 5.89. The minimum absolute atomic E-state index is 0.0411. The third-order valence-corrected chi connectivity index (χ3v) is 8.22. The molecule has 0 bridgehead atoms. The molecule has 2 aliphatic heterocycles. The quantitative estimate of drug-likeness (QED) is 0.588. The predicted molar refractivity (Wildman–Crippen MR) is 141 cm³/mol. The van der Waals surface area contributed by atoms with E-state index in [4.69, 9.17) is 10.5 Å². The summed E-state index contributed by atoms with van der Waals surface area (Å²) in [7, 11) is 0. The standard InChI is InChI=1S/C29H36N4O4/c1-6-29(5)15-22(34)33(27(30)32-29)24-16(2)13-17-11-12-18(14-20(17)24)26(36)31-23-19-9-7-8-10-21(19)37-28(3,4)25(23)35/h7-12,14,16,23-25,35H,6,13,15H2,1-5H3,(H2,30,32)(H,31,36)/t16-,23-,24+,25+,29-/m1/s1. The van der Waals surface area contributed by atoms with Gasteiger partial charge in [0.05, 0.1) is 24.0 Å². The lowest BCUT2D eigenvalue weighted by Crippen LogP contribution is -2.53. The van der Waals surface area contributed by atoms with Crippen molar-refractivity contribution in [1.29, 1.82) is 0 Å². The minimum Gasteiger partial charge on any atom is -0.485 e. The number of aliphatic imine (C=N–C) groups is 1. The van der Waals surface area contributed by atoms with E-state index in [1.807, 2.05) is 50.2 Å². The zero-order valence-electron chi connectivity index (χ0n) is 22.1. The van der Waals surface area contributed by atoms with Crippen molar-refractivity contribution < 1.29 is 19.4 Å². The third-order valence-electron chi connectivity index (χ3n) is 8.22. The largest absolute Gasteiger partial charge is 0.485 e. The van der Waals surface area contributed by atoms with E-state index >= 15 is 0 Å². The topological polar surface area (TPSA) is 117 Å². The molecule has 0 saturated carbocycles. The number of hydrogen-bond acceptors (Lipinski definition) is 6. The molecule has 8 heteroatoms. The molecule has 1 aliphatic carbocycles. The van der Waals surface area contributed by atoms with Crippen LogP contribution in [0.3, 0.4) is 0 Å². The molecule has 4 N–H and O–H groups in total. The van der Waals surface area contributed by atoms with Crippen LogP contribution in [0.5, 0.6) is 5.75 Å². The van der Waals surface area contributed by atoms with Crippen LogP contribution in [0.15, 0.2) is 47.5 Å². The lowest BCUT2D eigenvalue weighted by molar-refractivity contribution is -0.132. The van der Waals surface area contributed by atoms with Crippen molar-refractivity contribution in [3.8, 4) is 5.75 Å². The molecule has 0 unspecified atom stereocenters. The van der Waals surface area contributed by atoms with E-state index in [0.29, 0.717) is 17.7 Å². The number of carbonyl (C=O) groups is 2. The van der Waals surface area contributed by atoms with Gasteiger partial charge in [0.25, 0.3) is 5.91 Å². The number of hydrogen-bond donors (Lipinski definition) is 3. The van der Waals surface area contributed by atoms with Gasteiger partial charge in [-0.1, -0.05) is 38.1 Å². The Morgan fingerprint density at radius 2 is 1.95 bits per heavy atom. The lowest BCUT2D eigenvalue weighted by Gasteiger charge is -2.42. The molecule has 8 nitrogen and oxygen atoms in total. The monoisotopic (exact) mass is 504 g/mol. The summed E-state index contributed by atoms with van der Waals surface area (Å²) in [5.74, 6) is 0.665. The van der Waals surface area contributed by atoms with Gasteiger partial charge in [-0.3, -0.25) is 14.5 Å². The van der Waals surface area contributed by atoms with E-state index in [2.05, 4.69) is 17.2 Å². The van der Waals surface area contributed by atoms with Crippen LogP contribution < -0.4 is 15.8 Å². The average Bonchev–Trinajstić information content (AvgIpc) is 3.16. The van der Waals surface area contributed by atoms with Crippen molar-refractivity contribution in [2.24, 2.45) is 16.6 Å². The van der Waals surface area contributed by atoms with Crippen molar-refractivity contribution in [2.75, 3.05) is 0 Å². The summed E-state index contributed by atoms with van der Waals surface area (Å²) in [5.41, 5.74) is 8.21. The van der Waals surface area contributed by atoms with Crippen LogP contribution >= 0.6 is 0 Å². The third kappa shape index (κ3) is 4.27. The summed E-state index contributed by atoms with van der Waals surface area (Å²) >= 11 is 0. The van der Waals surface area contributed by atoms with Crippen molar-refractivity contribution >= 4 is 17.8 Å². The normalized spacial score (nSPS) is 30.2. The Morgan fingerprint density at radius 3 is 2.65 bits per heavy atom. The number of para-hydroxylation sites is 1. The molecular formula is C29H36N4O4. The highest BCUT2D eigenvalue weighted by Gasteiger charge is 2.45. The number of nitrogens with two attached hydrogens (primary N) is 1. The number of nitrogens with one attached hydrogen (secondary N) is 1. The molecule has 0 saturated heterocycles. The second kappa shape index (κ2) is 8.87. The van der Waals surface area contributed by atoms with Crippen molar-refractivity contribution in [1.82, 2.24) is 10.2 Å². The molecule has 0 spiro atoms. The van der Waals surface area contributed by atoms with Crippen molar-refractivity contribution in [3.05, 3.63) is 64.7 Å². The number of benzene rings is 2. The maximum atomic E-state index is 13.5. The number of aliphatic hydroxyl groups excluding tert-OH is 1. The predicted octanol–water partition coefficient (Wildman–Crippen LogP) is 3.64. The van der Waals surface area contributed by atoms with Gasteiger partial charge in [0, 0.05) is 11.1 Å². The van der Waals surface area contributed by atoms with Gasteiger partial charge in [-0.05, 0) is 68.9 Å². The average molecular weight is 505 g/mol.